The van der Waals surface area contributed by atoms with Gasteiger partial charge in [0.2, 0.25) is 0 Å². The van der Waals surface area contributed by atoms with E-state index in [1.807, 2.05) is 29.6 Å². The van der Waals surface area contributed by atoms with Gasteiger partial charge in [0, 0.05) is 38.1 Å². The summed E-state index contributed by atoms with van der Waals surface area (Å²) in [6, 6.07) is 10.2. The molecule has 1 aromatic heterocycles. The fraction of sp³-hybridized carbons (Fsp3) is 0.385. The number of nitrogens with one attached hydrogen (secondary N) is 1. The van der Waals surface area contributed by atoms with E-state index in [-0.39, 0.29) is 17.1 Å². The van der Waals surface area contributed by atoms with Gasteiger partial charge in [0.15, 0.2) is 6.10 Å². The summed E-state index contributed by atoms with van der Waals surface area (Å²) < 4.78 is 26.9. The summed E-state index contributed by atoms with van der Waals surface area (Å²) >= 11 is 6.21. The minimum Gasteiger partial charge on any atom is -0.495 e. The Balaban J connectivity index is 1.28. The number of ether oxygens (including phenoxy) is 2. The van der Waals surface area contributed by atoms with Crippen LogP contribution in [0.3, 0.4) is 0 Å². The van der Waals surface area contributed by atoms with Gasteiger partial charge >= 0.3 is 0 Å². The van der Waals surface area contributed by atoms with E-state index < -0.39 is 6.10 Å². The monoisotopic (exact) mass is 498 g/mol. The molecule has 1 fully saturated rings. The van der Waals surface area contributed by atoms with E-state index in [1.165, 1.54) is 12.1 Å². The van der Waals surface area contributed by atoms with E-state index in [1.54, 1.807) is 25.4 Å². The standard InChI is InChI=1S/C26H28ClFN4O3/c1-34-22-13-23-21(12-20(22)27)30-15-24(35-23)25(33)32-9-6-26(7-10-32,16-31-11-8-29-17-31)14-18-2-4-19(28)5-3-18/h2-5,8,11-13,17,24,30H,6-7,9-10,14-16H2,1H3. The molecule has 2 aromatic carbocycles. The number of benzene rings is 2. The minimum absolute atomic E-state index is 0.0323. The maximum atomic E-state index is 13.5. The largest absolute Gasteiger partial charge is 0.495 e. The number of amides is 1. The highest BCUT2D eigenvalue weighted by molar-refractivity contribution is 6.32. The number of nitrogens with zero attached hydrogens (tertiary/aromatic N) is 3. The summed E-state index contributed by atoms with van der Waals surface area (Å²) in [7, 11) is 1.54. The highest BCUT2D eigenvalue weighted by Gasteiger charge is 2.39. The lowest BCUT2D eigenvalue weighted by molar-refractivity contribution is -0.140. The zero-order valence-corrected chi connectivity index (χ0v) is 20.3. The Kier molecular flexibility index (Phi) is 6.56. The molecule has 2 aliphatic heterocycles. The van der Waals surface area contributed by atoms with Crippen molar-refractivity contribution >= 4 is 23.2 Å². The predicted molar refractivity (Wildman–Crippen MR) is 131 cm³/mol. The molecule has 35 heavy (non-hydrogen) atoms. The first-order valence-electron chi connectivity index (χ1n) is 11.7. The molecule has 5 rings (SSSR count). The highest BCUT2D eigenvalue weighted by atomic mass is 35.5. The van der Waals surface area contributed by atoms with Crippen molar-refractivity contribution < 1.29 is 18.7 Å². The lowest BCUT2D eigenvalue weighted by Gasteiger charge is -2.43. The van der Waals surface area contributed by atoms with Crippen molar-refractivity contribution in [3.05, 3.63) is 71.5 Å². The van der Waals surface area contributed by atoms with E-state index in [9.17, 15) is 9.18 Å². The Morgan fingerprint density at radius 1 is 1.29 bits per heavy atom. The average molecular weight is 499 g/mol. The molecule has 1 atom stereocenters. The molecule has 3 heterocycles. The summed E-state index contributed by atoms with van der Waals surface area (Å²) in [5, 5.41) is 3.74. The van der Waals surface area contributed by atoms with Gasteiger partial charge in [-0.05, 0) is 48.4 Å². The zero-order chi connectivity index (χ0) is 24.4. The SMILES string of the molecule is COc1cc2c(cc1Cl)NCC(C(=O)N1CCC(Cc3ccc(F)cc3)(Cn3ccnc3)CC1)O2. The van der Waals surface area contributed by atoms with E-state index in [2.05, 4.69) is 14.9 Å². The van der Waals surface area contributed by atoms with E-state index in [4.69, 9.17) is 21.1 Å². The first-order valence-corrected chi connectivity index (χ1v) is 12.1. The van der Waals surface area contributed by atoms with Gasteiger partial charge in [0.1, 0.15) is 17.3 Å². The first kappa shape index (κ1) is 23.5. The number of imidazole rings is 1. The number of carbonyl (C=O) groups is 1. The molecule has 0 aliphatic carbocycles. The molecule has 7 nitrogen and oxygen atoms in total. The molecule has 1 N–H and O–H groups in total. The van der Waals surface area contributed by atoms with Crippen LogP contribution in [0.5, 0.6) is 11.5 Å². The number of fused-ring (bicyclic) bond motifs is 1. The fourth-order valence-electron chi connectivity index (χ4n) is 5.06. The number of hydrogen-bond donors (Lipinski definition) is 1. The summed E-state index contributed by atoms with van der Waals surface area (Å²) in [6.45, 7) is 2.43. The van der Waals surface area contributed by atoms with Crippen LogP contribution in [0.25, 0.3) is 0 Å². The summed E-state index contributed by atoms with van der Waals surface area (Å²) in [5.41, 5.74) is 1.78. The molecule has 1 unspecified atom stereocenters. The van der Waals surface area contributed by atoms with Crippen LogP contribution in [0.4, 0.5) is 10.1 Å². The number of aromatic nitrogens is 2. The van der Waals surface area contributed by atoms with Crippen molar-refractivity contribution in [2.75, 3.05) is 32.1 Å². The number of methoxy groups -OCH3 is 1. The van der Waals surface area contributed by atoms with Gasteiger partial charge in [-0.25, -0.2) is 9.37 Å². The van der Waals surface area contributed by atoms with Crippen LogP contribution in [-0.4, -0.2) is 53.2 Å². The lowest BCUT2D eigenvalue weighted by Crippen LogP contribution is -2.52. The third-order valence-electron chi connectivity index (χ3n) is 6.98. The molecule has 3 aromatic rings. The van der Waals surface area contributed by atoms with Crippen molar-refractivity contribution in [3.8, 4) is 11.5 Å². The minimum atomic E-state index is -0.619. The van der Waals surface area contributed by atoms with Crippen LogP contribution < -0.4 is 14.8 Å². The summed E-state index contributed by atoms with van der Waals surface area (Å²) in [5.74, 6) is 0.789. The van der Waals surface area contributed by atoms with Gasteiger partial charge in [-0.15, -0.1) is 0 Å². The Morgan fingerprint density at radius 3 is 2.74 bits per heavy atom. The van der Waals surface area contributed by atoms with Crippen LogP contribution in [0.15, 0.2) is 55.1 Å². The van der Waals surface area contributed by atoms with Crippen LogP contribution in [-0.2, 0) is 17.8 Å². The van der Waals surface area contributed by atoms with Crippen molar-refractivity contribution in [2.24, 2.45) is 5.41 Å². The molecule has 1 saturated heterocycles. The second-order valence-electron chi connectivity index (χ2n) is 9.33. The smallest absolute Gasteiger partial charge is 0.265 e. The Labute approximate surface area is 208 Å². The molecule has 9 heteroatoms. The first-order chi connectivity index (χ1) is 16.9. The second-order valence-corrected chi connectivity index (χ2v) is 9.74. The molecule has 1 amide bonds. The van der Waals surface area contributed by atoms with Gasteiger partial charge in [-0.3, -0.25) is 4.79 Å². The van der Waals surface area contributed by atoms with Gasteiger partial charge in [-0.2, -0.15) is 0 Å². The molecule has 0 radical (unpaired) electrons. The summed E-state index contributed by atoms with van der Waals surface area (Å²) in [6.07, 6.45) is 7.41. The van der Waals surface area contributed by atoms with E-state index in [0.29, 0.717) is 36.2 Å². The second kappa shape index (κ2) is 9.77. The van der Waals surface area contributed by atoms with Crippen LogP contribution in [0.2, 0.25) is 5.02 Å². The zero-order valence-electron chi connectivity index (χ0n) is 19.5. The number of rotatable bonds is 6. The maximum Gasteiger partial charge on any atom is 0.265 e. The molecule has 0 spiro atoms. The van der Waals surface area contributed by atoms with Gasteiger partial charge in [0.25, 0.3) is 5.91 Å². The van der Waals surface area contributed by atoms with Gasteiger partial charge in [0.05, 0.1) is 30.7 Å². The van der Waals surface area contributed by atoms with Crippen molar-refractivity contribution in [3.63, 3.8) is 0 Å². The normalized spacial score (nSPS) is 18.8. The molecule has 2 aliphatic rings. The topological polar surface area (TPSA) is 68.6 Å². The third kappa shape index (κ3) is 5.07. The van der Waals surface area contributed by atoms with Crippen molar-refractivity contribution in [1.82, 2.24) is 14.5 Å². The lowest BCUT2D eigenvalue weighted by atomic mass is 9.73. The number of likely N-dealkylation sites (tertiary alicyclic amines) is 1. The number of halogens is 2. The van der Waals surface area contributed by atoms with Crippen LogP contribution in [0, 0.1) is 11.2 Å². The molecular formula is C26H28ClFN4O3. The Hall–Kier alpha value is -3.26. The van der Waals surface area contributed by atoms with Crippen LogP contribution in [0.1, 0.15) is 18.4 Å². The number of anilines is 1. The molecular weight excluding hydrogens is 471 g/mol. The number of carbonyl (C=O) groups excluding carboxylic acids is 1. The van der Waals surface area contributed by atoms with E-state index >= 15 is 0 Å². The fourth-order valence-corrected chi connectivity index (χ4v) is 5.30. The summed E-state index contributed by atoms with van der Waals surface area (Å²) in [4.78, 5) is 19.4. The van der Waals surface area contributed by atoms with Gasteiger partial charge in [-0.1, -0.05) is 23.7 Å². The molecule has 184 valence electrons. The molecule has 0 bridgehead atoms. The Bertz CT molecular complexity index is 1180. The average Bonchev–Trinajstić information content (AvgIpc) is 3.37. The third-order valence-corrected chi connectivity index (χ3v) is 7.28. The quantitative estimate of drug-likeness (QED) is 0.545. The predicted octanol–water partition coefficient (Wildman–Crippen LogP) is 4.41. The highest BCUT2D eigenvalue weighted by Crippen LogP contribution is 2.40. The number of piperidine rings is 1. The molecule has 0 saturated carbocycles. The van der Waals surface area contributed by atoms with E-state index in [0.717, 1.165) is 37.1 Å². The Morgan fingerprint density at radius 2 is 2.06 bits per heavy atom. The van der Waals surface area contributed by atoms with Crippen molar-refractivity contribution in [1.29, 1.82) is 0 Å². The van der Waals surface area contributed by atoms with Crippen molar-refractivity contribution in [2.45, 2.75) is 31.9 Å². The number of hydrogen-bond acceptors (Lipinski definition) is 5. The maximum absolute atomic E-state index is 13.5. The van der Waals surface area contributed by atoms with Crippen LogP contribution >= 0.6 is 11.6 Å². The van der Waals surface area contributed by atoms with Gasteiger partial charge < -0.3 is 24.3 Å².